The molecule has 0 heterocycles. The predicted molar refractivity (Wildman–Crippen MR) is 169 cm³/mol. The third kappa shape index (κ3) is 18.0. The molecule has 2 aromatic rings. The highest BCUT2D eigenvalue weighted by Gasteiger charge is 2.02. The Hall–Kier alpha value is -0.440. The highest BCUT2D eigenvalue weighted by Crippen LogP contribution is 2.18. The van der Waals surface area contributed by atoms with E-state index in [0.29, 0.717) is 0 Å². The largest absolute Gasteiger partial charge is 0.346 e. The molecule has 2 aromatic carbocycles. The summed E-state index contributed by atoms with van der Waals surface area (Å²) in [4.78, 5) is 0. The van der Waals surface area contributed by atoms with Crippen molar-refractivity contribution in [1.82, 2.24) is 0 Å². The zero-order valence-corrected chi connectivity index (χ0v) is 26.4. The molecule has 38 heavy (non-hydrogen) atoms. The molecule has 0 radical (unpaired) electrons. The maximum Gasteiger partial charge on any atom is 0.103 e. The van der Waals surface area contributed by atoms with Gasteiger partial charge < -0.3 is 21.3 Å². The van der Waals surface area contributed by atoms with Crippen LogP contribution in [0, 0.1) is 0 Å². The van der Waals surface area contributed by atoms with Gasteiger partial charge in [0.15, 0.2) is 0 Å². The van der Waals surface area contributed by atoms with Crippen LogP contribution in [0.1, 0.15) is 62.5 Å². The lowest BCUT2D eigenvalue weighted by molar-refractivity contribution is -0.671. The summed E-state index contributed by atoms with van der Waals surface area (Å²) in [6, 6.07) is 16.3. The SMILES string of the molecule is Clc1ccccc1C[NH2+]CCCCCC[NH2+]CCSSCC[NH2+]CCCCCC[NH2+]Cc1ccccc1Cl. The Kier molecular flexibility index (Phi) is 21.6. The van der Waals surface area contributed by atoms with Gasteiger partial charge in [-0.05, 0) is 63.5 Å². The number of benzene rings is 2. The Morgan fingerprint density at radius 2 is 0.816 bits per heavy atom. The van der Waals surface area contributed by atoms with Gasteiger partial charge in [-0.25, -0.2) is 0 Å². The second-order valence-corrected chi connectivity index (χ2v) is 13.5. The zero-order chi connectivity index (χ0) is 26.9. The highest BCUT2D eigenvalue weighted by atomic mass is 35.5. The molecular weight excluding hydrogens is 551 g/mol. The van der Waals surface area contributed by atoms with E-state index < -0.39 is 0 Å². The molecule has 0 bridgehead atoms. The van der Waals surface area contributed by atoms with E-state index in [-0.39, 0.29) is 0 Å². The van der Waals surface area contributed by atoms with Crippen LogP contribution in [0.2, 0.25) is 10.0 Å². The predicted octanol–water partition coefficient (Wildman–Crippen LogP) is 3.45. The summed E-state index contributed by atoms with van der Waals surface area (Å²) in [6.45, 7) is 9.45. The quantitative estimate of drug-likeness (QED) is 0.104. The van der Waals surface area contributed by atoms with E-state index in [1.165, 1.54) is 113 Å². The minimum atomic E-state index is 0.891. The van der Waals surface area contributed by atoms with Crippen molar-refractivity contribution in [2.45, 2.75) is 64.5 Å². The fourth-order valence-electron chi connectivity index (χ4n) is 4.37. The van der Waals surface area contributed by atoms with Crippen molar-refractivity contribution in [2.24, 2.45) is 0 Å². The third-order valence-electron chi connectivity index (χ3n) is 6.67. The summed E-state index contributed by atoms with van der Waals surface area (Å²) in [5.41, 5.74) is 2.49. The van der Waals surface area contributed by atoms with E-state index in [9.17, 15) is 0 Å². The molecule has 0 aromatic heterocycles. The van der Waals surface area contributed by atoms with Gasteiger partial charge in [0.05, 0.1) is 50.8 Å². The van der Waals surface area contributed by atoms with Crippen LogP contribution in [0.15, 0.2) is 48.5 Å². The van der Waals surface area contributed by atoms with Gasteiger partial charge in [0.1, 0.15) is 13.1 Å². The zero-order valence-electron chi connectivity index (χ0n) is 23.2. The number of nitrogens with two attached hydrogens (primary N) is 4. The summed E-state index contributed by atoms with van der Waals surface area (Å²) in [5.74, 6) is 2.52. The highest BCUT2D eigenvalue weighted by molar-refractivity contribution is 8.76. The third-order valence-corrected chi connectivity index (χ3v) is 9.88. The summed E-state index contributed by atoms with van der Waals surface area (Å²) in [6.07, 6.45) is 10.7. The summed E-state index contributed by atoms with van der Waals surface area (Å²) < 4.78 is 0. The second kappa shape index (κ2) is 24.4. The molecule has 4 nitrogen and oxygen atoms in total. The minimum Gasteiger partial charge on any atom is -0.346 e. The van der Waals surface area contributed by atoms with E-state index >= 15 is 0 Å². The van der Waals surface area contributed by atoms with Gasteiger partial charge >= 0.3 is 0 Å². The maximum atomic E-state index is 6.21. The maximum absolute atomic E-state index is 6.21. The van der Waals surface area contributed by atoms with Crippen molar-refractivity contribution >= 4 is 44.8 Å². The van der Waals surface area contributed by atoms with Crippen molar-refractivity contribution in [3.05, 3.63) is 69.7 Å². The van der Waals surface area contributed by atoms with Crippen LogP contribution in [0.4, 0.5) is 0 Å². The monoisotopic (exact) mass is 602 g/mol. The van der Waals surface area contributed by atoms with Crippen molar-refractivity contribution in [3.63, 3.8) is 0 Å². The van der Waals surface area contributed by atoms with Gasteiger partial charge in [0, 0.05) is 21.2 Å². The Balaban J connectivity index is 1.20. The molecule has 8 heteroatoms. The Bertz CT molecular complexity index is 761. The van der Waals surface area contributed by atoms with Crippen LogP contribution in [-0.2, 0) is 13.1 Å². The second-order valence-electron chi connectivity index (χ2n) is 9.95. The van der Waals surface area contributed by atoms with Crippen LogP contribution >= 0.6 is 44.8 Å². The first-order valence-corrected chi connectivity index (χ1v) is 18.0. The number of rotatable bonds is 25. The standard InChI is InChI=1S/C30H48Cl2N4S2/c31-29-15-7-5-13-27(29)25-35-19-11-3-1-9-17-33-21-23-37-38-24-22-34-18-10-2-4-12-20-36-26-28-14-6-8-16-30(28)32/h5-8,13-16,33-36H,1-4,9-12,17-26H2/p+4. The molecule has 0 aliphatic carbocycles. The lowest BCUT2D eigenvalue weighted by atomic mass is 10.2. The van der Waals surface area contributed by atoms with Crippen LogP contribution in [0.5, 0.6) is 0 Å². The van der Waals surface area contributed by atoms with Gasteiger partial charge in [-0.2, -0.15) is 0 Å². The number of hydrogen-bond acceptors (Lipinski definition) is 2. The van der Waals surface area contributed by atoms with E-state index in [1.807, 2.05) is 45.9 Å². The van der Waals surface area contributed by atoms with Gasteiger partial charge in [-0.1, -0.05) is 81.2 Å². The van der Waals surface area contributed by atoms with E-state index in [1.54, 1.807) is 0 Å². The Morgan fingerprint density at radius 1 is 0.447 bits per heavy atom. The van der Waals surface area contributed by atoms with Gasteiger partial charge in [0.25, 0.3) is 0 Å². The topological polar surface area (TPSA) is 66.4 Å². The molecule has 2 rings (SSSR count). The fraction of sp³-hybridized carbons (Fsp3) is 0.600. The van der Waals surface area contributed by atoms with E-state index in [2.05, 4.69) is 45.5 Å². The minimum absolute atomic E-state index is 0.891. The molecule has 214 valence electrons. The number of unbranched alkanes of at least 4 members (excludes halogenated alkanes) is 6. The number of hydrogen-bond donors (Lipinski definition) is 4. The molecule has 0 fully saturated rings. The van der Waals surface area contributed by atoms with Crippen LogP contribution < -0.4 is 21.3 Å². The summed E-state index contributed by atoms with van der Waals surface area (Å²) >= 11 is 12.4. The number of halogens is 2. The number of quaternary nitrogens is 4. The smallest absolute Gasteiger partial charge is 0.103 e. The molecule has 0 atom stereocenters. The van der Waals surface area contributed by atoms with Crippen molar-refractivity contribution in [2.75, 3.05) is 50.8 Å². The van der Waals surface area contributed by atoms with Gasteiger partial charge in [-0.15, -0.1) is 0 Å². The normalized spacial score (nSPS) is 11.3. The lowest BCUT2D eigenvalue weighted by Crippen LogP contribution is -2.85. The molecule has 0 aliphatic heterocycles. The summed E-state index contributed by atoms with van der Waals surface area (Å²) in [5, 5.41) is 11.5. The van der Waals surface area contributed by atoms with Crippen LogP contribution in [0.3, 0.4) is 0 Å². The molecular formula is C30H52Cl2N4S2+4. The molecule has 0 spiro atoms. The average molecular weight is 604 g/mol. The molecule has 8 N–H and O–H groups in total. The molecule has 0 saturated carbocycles. The Labute approximate surface area is 250 Å². The van der Waals surface area contributed by atoms with Crippen molar-refractivity contribution in [1.29, 1.82) is 0 Å². The molecule has 0 unspecified atom stereocenters. The van der Waals surface area contributed by atoms with Crippen LogP contribution in [0.25, 0.3) is 0 Å². The first kappa shape index (κ1) is 33.8. The van der Waals surface area contributed by atoms with Gasteiger partial charge in [0.2, 0.25) is 0 Å². The summed E-state index contributed by atoms with van der Waals surface area (Å²) in [7, 11) is 4.10. The van der Waals surface area contributed by atoms with Crippen LogP contribution in [-0.4, -0.2) is 50.8 Å². The van der Waals surface area contributed by atoms with E-state index in [0.717, 1.165) is 23.1 Å². The molecule has 0 amide bonds. The van der Waals surface area contributed by atoms with Gasteiger partial charge in [-0.3, -0.25) is 0 Å². The molecule has 0 aliphatic rings. The van der Waals surface area contributed by atoms with Crippen molar-refractivity contribution < 1.29 is 21.3 Å². The van der Waals surface area contributed by atoms with E-state index in [4.69, 9.17) is 23.2 Å². The molecule has 0 saturated heterocycles. The lowest BCUT2D eigenvalue weighted by Gasteiger charge is -2.05. The average Bonchev–Trinajstić information content (AvgIpc) is 2.93. The van der Waals surface area contributed by atoms with Crippen molar-refractivity contribution in [3.8, 4) is 0 Å². The Morgan fingerprint density at radius 3 is 1.21 bits per heavy atom. The first-order valence-electron chi connectivity index (χ1n) is 14.7. The fourth-order valence-corrected chi connectivity index (χ4v) is 6.85. The first-order chi connectivity index (χ1) is 18.8.